The Bertz CT molecular complexity index is 2160. The average molecular weight is 711 g/mol. The van der Waals surface area contributed by atoms with Crippen molar-refractivity contribution in [3.63, 3.8) is 0 Å². The molecular weight excluding hydrogens is 685 g/mol. The van der Waals surface area contributed by atoms with Gasteiger partial charge in [-0.1, -0.05) is 23.2 Å². The van der Waals surface area contributed by atoms with Gasteiger partial charge in [0.05, 0.1) is 27.8 Å². The maximum absolute atomic E-state index is 11.6. The minimum Gasteiger partial charge on any atom is -0.324 e. The first-order chi connectivity index (χ1) is 22.2. The normalized spacial score (nSPS) is 11.8. The molecular formula is C31H26Cl3N9O3S. The minimum absolute atomic E-state index is 0.0141. The number of aromatic nitrogens is 3. The Morgan fingerprint density at radius 1 is 0.617 bits per heavy atom. The van der Waals surface area contributed by atoms with Gasteiger partial charge in [0.25, 0.3) is 10.1 Å². The Morgan fingerprint density at radius 3 is 1.62 bits per heavy atom. The van der Waals surface area contributed by atoms with E-state index in [2.05, 4.69) is 46.0 Å². The predicted octanol–water partition coefficient (Wildman–Crippen LogP) is 10.6. The van der Waals surface area contributed by atoms with Crippen molar-refractivity contribution in [3.8, 4) is 0 Å². The SMILES string of the molecule is Cc1cc(Nc2nc(Cl)nc(Nc3cc(C)c(N=Nc4ccc(Cl)c(S(=O)(=O)O)c4)cc3C)n2)c(C)cc1N=Nc1ccc(Cl)cc1. The van der Waals surface area contributed by atoms with Gasteiger partial charge in [-0.05, 0) is 128 Å². The fourth-order valence-corrected chi connectivity index (χ4v) is 5.55. The van der Waals surface area contributed by atoms with Crippen LogP contribution < -0.4 is 10.6 Å². The average Bonchev–Trinajstić information content (AvgIpc) is 2.99. The van der Waals surface area contributed by atoms with Gasteiger partial charge in [0.1, 0.15) is 4.90 Å². The third-order valence-corrected chi connectivity index (χ3v) is 8.51. The molecule has 240 valence electrons. The van der Waals surface area contributed by atoms with Crippen LogP contribution in [0.4, 0.5) is 46.0 Å². The second-order valence-corrected chi connectivity index (χ2v) is 12.9. The third-order valence-electron chi connectivity index (χ3n) is 6.75. The van der Waals surface area contributed by atoms with Crippen LogP contribution in [0.25, 0.3) is 0 Å². The quantitative estimate of drug-likeness (QED) is 0.100. The number of rotatable bonds is 9. The molecule has 0 saturated carbocycles. The summed E-state index contributed by atoms with van der Waals surface area (Å²) in [7, 11) is -4.51. The fraction of sp³-hybridized carbons (Fsp3) is 0.129. The van der Waals surface area contributed by atoms with E-state index < -0.39 is 15.0 Å². The van der Waals surface area contributed by atoms with E-state index in [-0.39, 0.29) is 27.9 Å². The number of aryl methyl sites for hydroxylation is 4. The van der Waals surface area contributed by atoms with Crippen LogP contribution in [0.1, 0.15) is 22.3 Å². The van der Waals surface area contributed by atoms with Gasteiger partial charge in [-0.15, -0.1) is 0 Å². The lowest BCUT2D eigenvalue weighted by Crippen LogP contribution is -2.05. The maximum atomic E-state index is 11.6. The van der Waals surface area contributed by atoms with Crippen molar-refractivity contribution in [2.45, 2.75) is 32.6 Å². The van der Waals surface area contributed by atoms with Crippen molar-refractivity contribution in [2.24, 2.45) is 20.5 Å². The lowest BCUT2D eigenvalue weighted by atomic mass is 10.1. The highest BCUT2D eigenvalue weighted by Crippen LogP contribution is 2.33. The van der Waals surface area contributed by atoms with Gasteiger partial charge in [-0.3, -0.25) is 4.55 Å². The standard InChI is InChI=1S/C31H26Cl3N9O3S/c1-16-13-26(42-40-21-7-5-20(32)6-8-21)18(3)11-24(16)35-30-37-29(34)38-31(39-30)36-25-12-19(4)27(14-17(25)2)43-41-22-9-10-23(33)28(15-22)47(44,45)46/h5-15H,1-4H3,(H,44,45,46)(H2,35,36,37,38,39). The van der Waals surface area contributed by atoms with E-state index in [0.29, 0.717) is 27.8 Å². The highest BCUT2D eigenvalue weighted by molar-refractivity contribution is 7.86. The summed E-state index contributed by atoms with van der Waals surface area (Å²) in [5.41, 5.74) is 6.89. The smallest absolute Gasteiger partial charge is 0.296 e. The molecule has 0 amide bonds. The Morgan fingerprint density at radius 2 is 1.11 bits per heavy atom. The van der Waals surface area contributed by atoms with E-state index in [1.165, 1.54) is 12.1 Å². The number of nitrogens with one attached hydrogen (secondary N) is 2. The molecule has 1 heterocycles. The maximum Gasteiger partial charge on any atom is 0.296 e. The highest BCUT2D eigenvalue weighted by Gasteiger charge is 2.16. The summed E-state index contributed by atoms with van der Waals surface area (Å²) in [4.78, 5) is 12.5. The van der Waals surface area contributed by atoms with E-state index in [1.807, 2.05) is 45.9 Å². The molecule has 3 N–H and O–H groups in total. The Kier molecular flexibility index (Phi) is 10.1. The summed E-state index contributed by atoms with van der Waals surface area (Å²) in [6.45, 7) is 7.55. The Labute approximate surface area is 285 Å². The van der Waals surface area contributed by atoms with Crippen molar-refractivity contribution in [1.82, 2.24) is 15.0 Å². The second kappa shape index (κ2) is 14.1. The molecule has 0 radical (unpaired) electrons. The zero-order valence-electron chi connectivity index (χ0n) is 25.3. The predicted molar refractivity (Wildman–Crippen MR) is 184 cm³/mol. The molecule has 0 saturated heterocycles. The number of azo groups is 2. The van der Waals surface area contributed by atoms with Gasteiger partial charge < -0.3 is 10.6 Å². The summed E-state index contributed by atoms with van der Waals surface area (Å²) in [6.07, 6.45) is 0. The van der Waals surface area contributed by atoms with Gasteiger partial charge in [-0.25, -0.2) is 0 Å². The van der Waals surface area contributed by atoms with Crippen LogP contribution in [0.15, 0.2) is 92.1 Å². The molecule has 5 aromatic rings. The molecule has 12 nitrogen and oxygen atoms in total. The van der Waals surface area contributed by atoms with Crippen molar-refractivity contribution < 1.29 is 13.0 Å². The molecule has 5 rings (SSSR count). The van der Waals surface area contributed by atoms with Crippen LogP contribution in [0.2, 0.25) is 15.3 Å². The first kappa shape index (κ1) is 33.8. The largest absolute Gasteiger partial charge is 0.324 e. The van der Waals surface area contributed by atoms with Gasteiger partial charge in [-0.2, -0.15) is 43.8 Å². The zero-order valence-corrected chi connectivity index (χ0v) is 28.4. The van der Waals surface area contributed by atoms with Gasteiger partial charge >= 0.3 is 0 Å². The molecule has 0 spiro atoms. The van der Waals surface area contributed by atoms with E-state index >= 15 is 0 Å². The van der Waals surface area contributed by atoms with E-state index in [0.717, 1.165) is 34.0 Å². The molecule has 0 unspecified atom stereocenters. The first-order valence-corrected chi connectivity index (χ1v) is 16.4. The lowest BCUT2D eigenvalue weighted by Gasteiger charge is -2.13. The minimum atomic E-state index is -4.51. The Hall–Kier alpha value is -4.53. The van der Waals surface area contributed by atoms with Crippen LogP contribution in [0.5, 0.6) is 0 Å². The summed E-state index contributed by atoms with van der Waals surface area (Å²) < 4.78 is 32.5. The van der Waals surface area contributed by atoms with Gasteiger partial charge in [0, 0.05) is 16.4 Å². The first-order valence-electron chi connectivity index (χ1n) is 13.8. The van der Waals surface area contributed by atoms with Crippen LogP contribution in [0.3, 0.4) is 0 Å². The number of hydrogen-bond acceptors (Lipinski definition) is 11. The van der Waals surface area contributed by atoms with Crippen molar-refractivity contribution >= 4 is 90.9 Å². The van der Waals surface area contributed by atoms with E-state index in [4.69, 9.17) is 34.8 Å². The van der Waals surface area contributed by atoms with Crippen LogP contribution in [-0.4, -0.2) is 27.9 Å². The zero-order chi connectivity index (χ0) is 33.9. The molecule has 1 aromatic heterocycles. The molecule has 0 aliphatic rings. The summed E-state index contributed by atoms with van der Waals surface area (Å²) >= 11 is 18.1. The monoisotopic (exact) mass is 709 g/mol. The van der Waals surface area contributed by atoms with Crippen LogP contribution in [-0.2, 0) is 10.1 Å². The molecule has 0 aliphatic carbocycles. The number of nitrogens with zero attached hydrogens (tertiary/aromatic N) is 7. The van der Waals surface area contributed by atoms with E-state index in [9.17, 15) is 13.0 Å². The van der Waals surface area contributed by atoms with Crippen molar-refractivity contribution in [1.29, 1.82) is 0 Å². The molecule has 0 fully saturated rings. The van der Waals surface area contributed by atoms with Crippen molar-refractivity contribution in [2.75, 3.05) is 10.6 Å². The summed E-state index contributed by atoms with van der Waals surface area (Å²) in [5, 5.41) is 23.9. The number of anilines is 4. The van der Waals surface area contributed by atoms with Crippen molar-refractivity contribution in [3.05, 3.63) is 104 Å². The van der Waals surface area contributed by atoms with Crippen LogP contribution in [0, 0.1) is 27.7 Å². The molecule has 47 heavy (non-hydrogen) atoms. The van der Waals surface area contributed by atoms with Gasteiger partial charge in [0.15, 0.2) is 0 Å². The van der Waals surface area contributed by atoms with Gasteiger partial charge in [0.2, 0.25) is 17.2 Å². The molecule has 0 aliphatic heterocycles. The number of benzene rings is 4. The fourth-order valence-electron chi connectivity index (χ4n) is 4.27. The number of hydrogen-bond donors (Lipinski definition) is 3. The van der Waals surface area contributed by atoms with Crippen LogP contribution >= 0.6 is 34.8 Å². The second-order valence-electron chi connectivity index (χ2n) is 10.4. The Balaban J connectivity index is 1.33. The molecule has 0 atom stereocenters. The molecule has 16 heteroatoms. The summed E-state index contributed by atoms with van der Waals surface area (Å²) in [5.74, 6) is 0.448. The third kappa shape index (κ3) is 8.64. The highest BCUT2D eigenvalue weighted by atomic mass is 35.5. The topological polar surface area (TPSA) is 167 Å². The summed E-state index contributed by atoms with van der Waals surface area (Å²) in [6, 6.07) is 18.5. The number of halogens is 3. The molecule has 0 bridgehead atoms. The molecule has 4 aromatic carbocycles. The lowest BCUT2D eigenvalue weighted by molar-refractivity contribution is 0.483. The van der Waals surface area contributed by atoms with E-state index in [1.54, 1.807) is 30.3 Å².